The minimum Gasteiger partial charge on any atom is -0.327 e. The first-order chi connectivity index (χ1) is 7.39. The highest BCUT2D eigenvalue weighted by Crippen LogP contribution is 2.43. The fraction of sp³-hybridized carbons (Fsp3) is 0.571. The van der Waals surface area contributed by atoms with Gasteiger partial charge in [0.2, 0.25) is 0 Å². The summed E-state index contributed by atoms with van der Waals surface area (Å²) in [6, 6.07) is 6.92. The van der Waals surface area contributed by atoms with Crippen molar-refractivity contribution in [1.82, 2.24) is 0 Å². The van der Waals surface area contributed by atoms with Crippen LogP contribution in [0.3, 0.4) is 0 Å². The molecule has 88 valence electrons. The van der Waals surface area contributed by atoms with E-state index < -0.39 is 0 Å². The van der Waals surface area contributed by atoms with Gasteiger partial charge in [-0.1, -0.05) is 42.8 Å². The molecule has 2 rings (SSSR count). The third-order valence-corrected chi connectivity index (χ3v) is 4.04. The second kappa shape index (κ2) is 4.15. The molecule has 2 unspecified atom stereocenters. The van der Waals surface area contributed by atoms with Gasteiger partial charge >= 0.3 is 0 Å². The predicted octanol–water partition coefficient (Wildman–Crippen LogP) is 3.85. The number of fused-ring (bicyclic) bond motifs is 1. The Bertz CT molecular complexity index is 392. The molecular formula is C14H20BrN. The van der Waals surface area contributed by atoms with Crippen molar-refractivity contribution in [2.75, 3.05) is 0 Å². The van der Waals surface area contributed by atoms with Gasteiger partial charge in [0.1, 0.15) is 0 Å². The van der Waals surface area contributed by atoms with E-state index in [9.17, 15) is 0 Å². The second-order valence-corrected chi connectivity index (χ2v) is 6.81. The number of hydrogen-bond donors (Lipinski definition) is 1. The number of halogens is 1. The third-order valence-electron chi connectivity index (χ3n) is 3.55. The molecular weight excluding hydrogens is 262 g/mol. The van der Waals surface area contributed by atoms with E-state index >= 15 is 0 Å². The second-order valence-electron chi connectivity index (χ2n) is 5.89. The van der Waals surface area contributed by atoms with E-state index in [1.54, 1.807) is 0 Å². The Balaban J connectivity index is 2.51. The molecule has 0 heterocycles. The molecule has 2 heteroatoms. The van der Waals surface area contributed by atoms with E-state index in [2.05, 4.69) is 54.9 Å². The van der Waals surface area contributed by atoms with Crippen molar-refractivity contribution in [2.45, 2.75) is 45.6 Å². The predicted molar refractivity (Wildman–Crippen MR) is 72.6 cm³/mol. The molecule has 0 radical (unpaired) electrons. The van der Waals surface area contributed by atoms with Gasteiger partial charge in [0.25, 0.3) is 0 Å². The van der Waals surface area contributed by atoms with Gasteiger partial charge in [-0.3, -0.25) is 0 Å². The maximum atomic E-state index is 6.31. The average Bonchev–Trinajstić information content (AvgIpc) is 2.14. The van der Waals surface area contributed by atoms with Crippen LogP contribution in [-0.2, 0) is 6.42 Å². The van der Waals surface area contributed by atoms with Crippen molar-refractivity contribution < 1.29 is 0 Å². The van der Waals surface area contributed by atoms with Gasteiger partial charge in [0, 0.05) is 16.4 Å². The Labute approximate surface area is 107 Å². The third kappa shape index (κ3) is 2.18. The van der Waals surface area contributed by atoms with Crippen LogP contribution in [0.25, 0.3) is 0 Å². The van der Waals surface area contributed by atoms with Crippen LogP contribution in [0.4, 0.5) is 0 Å². The van der Waals surface area contributed by atoms with E-state index in [0.29, 0.717) is 12.0 Å². The molecule has 2 atom stereocenters. The molecule has 2 N–H and O–H groups in total. The molecule has 1 aliphatic rings. The number of hydrogen-bond acceptors (Lipinski definition) is 1. The van der Waals surface area contributed by atoms with Crippen LogP contribution < -0.4 is 5.73 Å². The number of benzene rings is 1. The van der Waals surface area contributed by atoms with E-state index in [4.69, 9.17) is 5.73 Å². The van der Waals surface area contributed by atoms with Crippen LogP contribution in [-0.4, -0.2) is 6.04 Å². The molecule has 0 spiro atoms. The van der Waals surface area contributed by atoms with Crippen molar-refractivity contribution >= 4 is 15.9 Å². The normalized spacial score (nSPS) is 25.3. The SMILES string of the molecule is CC(C)(C)C1c2cc(Br)ccc2CCC1N. The van der Waals surface area contributed by atoms with Crippen LogP contribution in [0.1, 0.15) is 44.2 Å². The Morgan fingerprint density at radius 3 is 2.62 bits per heavy atom. The van der Waals surface area contributed by atoms with Crippen molar-refractivity contribution in [1.29, 1.82) is 0 Å². The van der Waals surface area contributed by atoms with E-state index in [1.165, 1.54) is 11.1 Å². The van der Waals surface area contributed by atoms with Crippen LogP contribution >= 0.6 is 15.9 Å². The Hall–Kier alpha value is -0.340. The summed E-state index contributed by atoms with van der Waals surface area (Å²) >= 11 is 3.56. The molecule has 0 fully saturated rings. The van der Waals surface area contributed by atoms with Crippen molar-refractivity contribution in [3.05, 3.63) is 33.8 Å². The highest BCUT2D eigenvalue weighted by Gasteiger charge is 2.35. The van der Waals surface area contributed by atoms with Gasteiger partial charge in [-0.25, -0.2) is 0 Å². The fourth-order valence-electron chi connectivity index (χ4n) is 2.91. The molecule has 0 saturated carbocycles. The molecule has 1 nitrogen and oxygen atoms in total. The lowest BCUT2D eigenvalue weighted by Gasteiger charge is -2.40. The summed E-state index contributed by atoms with van der Waals surface area (Å²) in [6.45, 7) is 6.86. The zero-order valence-corrected chi connectivity index (χ0v) is 11.8. The van der Waals surface area contributed by atoms with Gasteiger partial charge in [0.15, 0.2) is 0 Å². The maximum absolute atomic E-state index is 6.31. The Morgan fingerprint density at radius 2 is 2.00 bits per heavy atom. The van der Waals surface area contributed by atoms with Crippen molar-refractivity contribution in [3.63, 3.8) is 0 Å². The van der Waals surface area contributed by atoms with Crippen LogP contribution in [0.2, 0.25) is 0 Å². The van der Waals surface area contributed by atoms with Crippen LogP contribution in [0.5, 0.6) is 0 Å². The van der Waals surface area contributed by atoms with Gasteiger partial charge < -0.3 is 5.73 Å². The van der Waals surface area contributed by atoms with Crippen LogP contribution in [0.15, 0.2) is 22.7 Å². The summed E-state index contributed by atoms with van der Waals surface area (Å²) in [5.74, 6) is 0.466. The van der Waals surface area contributed by atoms with Crippen molar-refractivity contribution in [2.24, 2.45) is 11.1 Å². The lowest BCUT2D eigenvalue weighted by molar-refractivity contribution is 0.260. The smallest absolute Gasteiger partial charge is 0.0178 e. The molecule has 0 aromatic heterocycles. The summed E-state index contributed by atoms with van der Waals surface area (Å²) in [7, 11) is 0. The van der Waals surface area contributed by atoms with Gasteiger partial charge in [0.05, 0.1) is 0 Å². The van der Waals surface area contributed by atoms with E-state index in [-0.39, 0.29) is 5.41 Å². The summed E-state index contributed by atoms with van der Waals surface area (Å²) in [5.41, 5.74) is 9.47. The van der Waals surface area contributed by atoms with Gasteiger partial charge in [-0.2, -0.15) is 0 Å². The molecule has 0 saturated heterocycles. The quantitative estimate of drug-likeness (QED) is 0.768. The Morgan fingerprint density at radius 1 is 1.31 bits per heavy atom. The van der Waals surface area contributed by atoms with E-state index in [0.717, 1.165) is 17.3 Å². The molecule has 1 aromatic rings. The minimum atomic E-state index is 0.232. The summed E-state index contributed by atoms with van der Waals surface area (Å²) in [5, 5.41) is 0. The first-order valence-electron chi connectivity index (χ1n) is 5.93. The highest BCUT2D eigenvalue weighted by molar-refractivity contribution is 9.10. The average molecular weight is 282 g/mol. The van der Waals surface area contributed by atoms with Gasteiger partial charge in [-0.15, -0.1) is 0 Å². The molecule has 0 bridgehead atoms. The highest BCUT2D eigenvalue weighted by atomic mass is 79.9. The first kappa shape index (κ1) is 12.1. The Kier molecular flexibility index (Phi) is 3.15. The standard InChI is InChI=1S/C14H20BrN/c1-14(2,3)13-11-8-10(15)6-4-9(11)5-7-12(13)16/h4,6,8,12-13H,5,7,16H2,1-3H3. The van der Waals surface area contributed by atoms with Crippen LogP contribution in [0, 0.1) is 5.41 Å². The first-order valence-corrected chi connectivity index (χ1v) is 6.73. The largest absolute Gasteiger partial charge is 0.327 e. The van der Waals surface area contributed by atoms with E-state index in [1.807, 2.05) is 0 Å². The topological polar surface area (TPSA) is 26.0 Å². The molecule has 16 heavy (non-hydrogen) atoms. The lowest BCUT2D eigenvalue weighted by atomic mass is 9.67. The zero-order chi connectivity index (χ0) is 11.9. The summed E-state index contributed by atoms with van der Waals surface area (Å²) in [6.07, 6.45) is 2.23. The number of rotatable bonds is 0. The molecule has 1 aliphatic carbocycles. The molecule has 0 aliphatic heterocycles. The van der Waals surface area contributed by atoms with Crippen molar-refractivity contribution in [3.8, 4) is 0 Å². The molecule has 1 aromatic carbocycles. The minimum absolute atomic E-state index is 0.232. The number of aryl methyl sites for hydroxylation is 1. The molecule has 0 amide bonds. The summed E-state index contributed by atoms with van der Waals surface area (Å²) < 4.78 is 1.16. The number of nitrogens with two attached hydrogens (primary N) is 1. The lowest BCUT2D eigenvalue weighted by Crippen LogP contribution is -2.40. The zero-order valence-electron chi connectivity index (χ0n) is 10.3. The van der Waals surface area contributed by atoms with Gasteiger partial charge in [-0.05, 0) is 41.5 Å². The summed E-state index contributed by atoms with van der Waals surface area (Å²) in [4.78, 5) is 0. The maximum Gasteiger partial charge on any atom is 0.0178 e. The fourth-order valence-corrected chi connectivity index (χ4v) is 3.29. The monoisotopic (exact) mass is 281 g/mol.